The van der Waals surface area contributed by atoms with Gasteiger partial charge in [0.25, 0.3) is 6.29 Å². The van der Waals surface area contributed by atoms with Crippen LogP contribution in [0.25, 0.3) is 0 Å². The number of rotatable bonds is 7. The Bertz CT molecular complexity index is 551. The molecule has 0 saturated heterocycles. The fourth-order valence-corrected chi connectivity index (χ4v) is 1.39. The molecule has 0 heterocycles. The normalized spacial score (nSPS) is 12.0. The van der Waals surface area contributed by atoms with Gasteiger partial charge in [0, 0.05) is 10.6 Å². The summed E-state index contributed by atoms with van der Waals surface area (Å²) in [4.78, 5) is 20.9. The van der Waals surface area contributed by atoms with Gasteiger partial charge in [0.1, 0.15) is 0 Å². The van der Waals surface area contributed by atoms with Crippen molar-refractivity contribution in [1.29, 1.82) is 0 Å². The Balaban J connectivity index is 2.90. The summed E-state index contributed by atoms with van der Waals surface area (Å²) in [5.74, 6) is 4.87. The molecule has 4 nitrogen and oxygen atoms in total. The number of benzene rings is 1. The third-order valence-corrected chi connectivity index (χ3v) is 2.89. The Kier molecular flexibility index (Phi) is 6.44. The molecule has 0 radical (unpaired) electrons. The van der Waals surface area contributed by atoms with Gasteiger partial charge in [-0.05, 0) is 33.8 Å². The molecule has 0 aliphatic rings. The maximum Gasteiger partial charge on any atom is 0.251 e. The van der Waals surface area contributed by atoms with Crippen LogP contribution in [0.4, 0.5) is 0 Å². The fourth-order valence-electron chi connectivity index (χ4n) is 1.16. The third-order valence-electron chi connectivity index (χ3n) is 2.54. The highest BCUT2D eigenvalue weighted by Crippen LogP contribution is 2.29. The maximum absolute atomic E-state index is 6.13. The van der Waals surface area contributed by atoms with Crippen molar-refractivity contribution in [3.63, 3.8) is 0 Å². The molecule has 1 rings (SSSR count). The average Bonchev–Trinajstić information content (AvgIpc) is 2.48. The van der Waals surface area contributed by atoms with E-state index in [1.54, 1.807) is 52.0 Å². The van der Waals surface area contributed by atoms with Crippen LogP contribution in [0.3, 0.4) is 0 Å². The fraction of sp³-hybridized carbons (Fsp3) is 0.412. The smallest absolute Gasteiger partial charge is 0.214 e. The van der Waals surface area contributed by atoms with Gasteiger partial charge in [-0.1, -0.05) is 41.6 Å². The summed E-state index contributed by atoms with van der Waals surface area (Å²) in [5.41, 5.74) is -1.36. The SMILES string of the molecule is C#CC(C)(C)OOC(OOC(C)(C)C#C)c1ccccc1Cl. The van der Waals surface area contributed by atoms with Crippen LogP contribution in [0.1, 0.15) is 39.5 Å². The molecule has 0 aromatic heterocycles. The second-order valence-electron chi connectivity index (χ2n) is 5.52. The second kappa shape index (κ2) is 7.65. The van der Waals surface area contributed by atoms with E-state index in [2.05, 4.69) is 11.8 Å². The van der Waals surface area contributed by atoms with Crippen molar-refractivity contribution in [2.45, 2.75) is 45.2 Å². The highest BCUT2D eigenvalue weighted by atomic mass is 35.5. The number of terminal acetylenes is 2. The van der Waals surface area contributed by atoms with Gasteiger partial charge >= 0.3 is 0 Å². The first kappa shape index (κ1) is 18.5. The van der Waals surface area contributed by atoms with E-state index >= 15 is 0 Å². The first-order valence-electron chi connectivity index (χ1n) is 6.60. The average molecular weight is 323 g/mol. The highest BCUT2D eigenvalue weighted by Gasteiger charge is 2.26. The Morgan fingerprint density at radius 2 is 1.41 bits per heavy atom. The van der Waals surface area contributed by atoms with Crippen molar-refractivity contribution in [3.8, 4) is 24.7 Å². The summed E-state index contributed by atoms with van der Waals surface area (Å²) < 4.78 is 0. The molecule has 0 aliphatic heterocycles. The van der Waals surface area contributed by atoms with Crippen molar-refractivity contribution in [3.05, 3.63) is 34.9 Å². The lowest BCUT2D eigenvalue weighted by Gasteiger charge is -2.25. The molecule has 118 valence electrons. The molecule has 0 unspecified atom stereocenters. The first-order valence-corrected chi connectivity index (χ1v) is 6.97. The molecular formula is C17H19ClO4. The van der Waals surface area contributed by atoms with Crippen LogP contribution in [0, 0.1) is 24.7 Å². The molecular weight excluding hydrogens is 304 g/mol. The predicted octanol–water partition coefficient (Wildman–Crippen LogP) is 4.06. The van der Waals surface area contributed by atoms with E-state index in [0.717, 1.165) is 0 Å². The molecule has 0 spiro atoms. The second-order valence-corrected chi connectivity index (χ2v) is 5.93. The summed E-state index contributed by atoms with van der Waals surface area (Å²) >= 11 is 6.13. The van der Waals surface area contributed by atoms with Crippen LogP contribution < -0.4 is 0 Å². The first-order chi connectivity index (χ1) is 10.2. The monoisotopic (exact) mass is 322 g/mol. The predicted molar refractivity (Wildman–Crippen MR) is 84.4 cm³/mol. The van der Waals surface area contributed by atoms with Gasteiger partial charge < -0.3 is 0 Å². The molecule has 0 atom stereocenters. The summed E-state index contributed by atoms with van der Waals surface area (Å²) in [6.07, 6.45) is 9.65. The van der Waals surface area contributed by atoms with Crippen molar-refractivity contribution >= 4 is 11.6 Å². The van der Waals surface area contributed by atoms with Crippen LogP contribution >= 0.6 is 11.6 Å². The van der Waals surface area contributed by atoms with Crippen molar-refractivity contribution < 1.29 is 19.6 Å². The van der Waals surface area contributed by atoms with Crippen LogP contribution in [0.5, 0.6) is 0 Å². The lowest BCUT2D eigenvalue weighted by atomic mass is 10.2. The summed E-state index contributed by atoms with van der Waals surface area (Å²) in [5, 5.41) is 0.428. The minimum atomic E-state index is -1.05. The summed E-state index contributed by atoms with van der Waals surface area (Å²) in [6, 6.07) is 6.96. The number of hydrogen-bond acceptors (Lipinski definition) is 4. The van der Waals surface area contributed by atoms with E-state index in [1.165, 1.54) is 0 Å². The van der Waals surface area contributed by atoms with E-state index in [-0.39, 0.29) is 0 Å². The van der Waals surface area contributed by atoms with Crippen LogP contribution in [0.2, 0.25) is 5.02 Å². The topological polar surface area (TPSA) is 36.9 Å². The van der Waals surface area contributed by atoms with Gasteiger partial charge in [-0.2, -0.15) is 9.78 Å². The van der Waals surface area contributed by atoms with Gasteiger partial charge in [0.2, 0.25) is 0 Å². The van der Waals surface area contributed by atoms with E-state index in [1.807, 2.05) is 0 Å². The Morgan fingerprint density at radius 3 is 1.82 bits per heavy atom. The largest absolute Gasteiger partial charge is 0.251 e. The maximum atomic E-state index is 6.13. The van der Waals surface area contributed by atoms with Gasteiger partial charge in [0.15, 0.2) is 11.2 Å². The van der Waals surface area contributed by atoms with Gasteiger partial charge in [-0.15, -0.1) is 12.8 Å². The lowest BCUT2D eigenvalue weighted by Crippen LogP contribution is -2.27. The third kappa shape index (κ3) is 5.69. The van der Waals surface area contributed by atoms with Crippen LogP contribution in [0.15, 0.2) is 24.3 Å². The van der Waals surface area contributed by atoms with Crippen molar-refractivity contribution in [1.82, 2.24) is 0 Å². The zero-order valence-electron chi connectivity index (χ0n) is 13.1. The Morgan fingerprint density at radius 1 is 0.955 bits per heavy atom. The Labute approximate surface area is 136 Å². The lowest BCUT2D eigenvalue weighted by molar-refractivity contribution is -0.495. The zero-order chi connectivity index (χ0) is 16.8. The molecule has 0 fully saturated rings. The van der Waals surface area contributed by atoms with E-state index in [0.29, 0.717) is 10.6 Å². The van der Waals surface area contributed by atoms with Gasteiger partial charge in [0.05, 0.1) is 0 Å². The van der Waals surface area contributed by atoms with Crippen LogP contribution in [-0.4, -0.2) is 11.2 Å². The molecule has 0 saturated carbocycles. The zero-order valence-corrected chi connectivity index (χ0v) is 13.8. The molecule has 5 heteroatoms. The van der Waals surface area contributed by atoms with Crippen LogP contribution in [-0.2, 0) is 19.6 Å². The molecule has 0 bridgehead atoms. The van der Waals surface area contributed by atoms with Crippen molar-refractivity contribution in [2.75, 3.05) is 0 Å². The van der Waals surface area contributed by atoms with Gasteiger partial charge in [-0.25, -0.2) is 9.78 Å². The summed E-state index contributed by atoms with van der Waals surface area (Å²) in [6.45, 7) is 6.68. The molecule has 0 aliphatic carbocycles. The minimum absolute atomic E-state index is 0.428. The summed E-state index contributed by atoms with van der Waals surface area (Å²) in [7, 11) is 0. The molecule has 22 heavy (non-hydrogen) atoms. The van der Waals surface area contributed by atoms with E-state index < -0.39 is 17.5 Å². The number of halogens is 1. The van der Waals surface area contributed by atoms with E-state index in [4.69, 9.17) is 44.0 Å². The minimum Gasteiger partial charge on any atom is -0.214 e. The molecule has 1 aromatic carbocycles. The van der Waals surface area contributed by atoms with Gasteiger partial charge in [-0.3, -0.25) is 0 Å². The van der Waals surface area contributed by atoms with Crippen molar-refractivity contribution in [2.24, 2.45) is 0 Å². The highest BCUT2D eigenvalue weighted by molar-refractivity contribution is 6.31. The quantitative estimate of drug-likeness (QED) is 0.328. The Hall–Kier alpha value is -1.53. The molecule has 1 aromatic rings. The van der Waals surface area contributed by atoms with E-state index in [9.17, 15) is 0 Å². The standard InChI is InChI=1S/C17H19ClO4/c1-7-16(3,4)21-19-15(20-22-17(5,6)8-2)13-11-9-10-12-14(13)18/h1-2,9-12,15H,3-6H3. The molecule has 0 N–H and O–H groups in total. The molecule has 0 amide bonds. The number of hydrogen-bond donors (Lipinski definition) is 0.